The molecule has 0 N–H and O–H groups in total. The molecular weight excluding hydrogens is 267 g/mol. The zero-order chi connectivity index (χ0) is 14.3. The molecule has 106 valence electrons. The van der Waals surface area contributed by atoms with E-state index in [1.54, 1.807) is 0 Å². The van der Waals surface area contributed by atoms with Gasteiger partial charge in [-0.2, -0.15) is 18.3 Å². The molecule has 1 aromatic heterocycles. The maximum Gasteiger partial charge on any atom is 0.416 e. The number of aryl methyl sites for hydroxylation is 1. The molecule has 1 aliphatic rings. The molecule has 3 nitrogen and oxygen atoms in total. The van der Waals surface area contributed by atoms with E-state index in [4.69, 9.17) is 0 Å². The van der Waals surface area contributed by atoms with Crippen molar-refractivity contribution in [1.29, 1.82) is 0 Å². The van der Waals surface area contributed by atoms with E-state index in [1.807, 2.05) is 4.68 Å². The van der Waals surface area contributed by atoms with Crippen LogP contribution in [0.4, 0.5) is 13.2 Å². The van der Waals surface area contributed by atoms with Crippen molar-refractivity contribution < 1.29 is 13.2 Å². The number of rotatable bonds is 1. The first-order valence-electron chi connectivity index (χ1n) is 6.58. The largest absolute Gasteiger partial charge is 0.416 e. The summed E-state index contributed by atoms with van der Waals surface area (Å²) in [7, 11) is 0. The second-order valence-corrected chi connectivity index (χ2v) is 5.11. The zero-order valence-corrected chi connectivity index (χ0v) is 11.0. The van der Waals surface area contributed by atoms with Gasteiger partial charge in [-0.3, -0.25) is 0 Å². The number of aromatic nitrogens is 3. The van der Waals surface area contributed by atoms with Crippen molar-refractivity contribution in [2.24, 2.45) is 0 Å². The Morgan fingerprint density at radius 3 is 2.50 bits per heavy atom. The number of fused-ring (bicyclic) bond motifs is 1. The predicted octanol–water partition coefficient (Wildman–Crippen LogP) is 3.86. The van der Waals surface area contributed by atoms with E-state index in [-0.39, 0.29) is 0 Å². The lowest BCUT2D eigenvalue weighted by Crippen LogP contribution is -2.16. The highest BCUT2D eigenvalue weighted by Crippen LogP contribution is 2.31. The second-order valence-electron chi connectivity index (χ2n) is 5.11. The summed E-state index contributed by atoms with van der Waals surface area (Å²) in [6, 6.07) is 5.29. The Kier molecular flexibility index (Phi) is 3.03. The molecule has 1 aliphatic heterocycles. The van der Waals surface area contributed by atoms with Crippen molar-refractivity contribution in [2.45, 2.75) is 38.4 Å². The van der Waals surface area contributed by atoms with Crippen molar-refractivity contribution in [2.75, 3.05) is 0 Å². The summed E-state index contributed by atoms with van der Waals surface area (Å²) >= 11 is 0. The van der Waals surface area contributed by atoms with Crippen LogP contribution in [0, 0.1) is 0 Å². The molecule has 0 spiro atoms. The lowest BCUT2D eigenvalue weighted by atomic mass is 10.1. The van der Waals surface area contributed by atoms with E-state index < -0.39 is 11.7 Å². The van der Waals surface area contributed by atoms with Gasteiger partial charge in [0.05, 0.1) is 11.6 Å². The highest BCUT2D eigenvalue weighted by Gasteiger charge is 2.30. The Balaban J connectivity index is 1.94. The van der Waals surface area contributed by atoms with Gasteiger partial charge in [-0.05, 0) is 31.9 Å². The van der Waals surface area contributed by atoms with Crippen LogP contribution in [0.5, 0.6) is 0 Å². The van der Waals surface area contributed by atoms with Crippen molar-refractivity contribution in [3.8, 4) is 11.4 Å². The van der Waals surface area contributed by atoms with Gasteiger partial charge in [0, 0.05) is 12.0 Å². The highest BCUT2D eigenvalue weighted by molar-refractivity contribution is 5.55. The van der Waals surface area contributed by atoms with Crippen LogP contribution in [-0.4, -0.2) is 14.8 Å². The second kappa shape index (κ2) is 4.61. The van der Waals surface area contributed by atoms with Crippen LogP contribution >= 0.6 is 0 Å². The van der Waals surface area contributed by atoms with Crippen LogP contribution in [0.25, 0.3) is 11.4 Å². The third-order valence-electron chi connectivity index (χ3n) is 3.61. The van der Waals surface area contributed by atoms with Crippen molar-refractivity contribution in [1.82, 2.24) is 14.8 Å². The van der Waals surface area contributed by atoms with Crippen LogP contribution in [-0.2, 0) is 12.6 Å². The Labute approximate surface area is 114 Å². The minimum atomic E-state index is -4.31. The molecule has 0 saturated carbocycles. The van der Waals surface area contributed by atoms with Crippen LogP contribution in [0.3, 0.4) is 0 Å². The molecule has 0 amide bonds. The molecule has 1 atom stereocenters. The van der Waals surface area contributed by atoms with Gasteiger partial charge in [0.2, 0.25) is 0 Å². The first-order chi connectivity index (χ1) is 9.45. The molecule has 3 rings (SSSR count). The Bertz CT molecular complexity index is 614. The standard InChI is InChI=1S/C14H14F3N3/c1-9-3-2-4-12-18-13(19-20(9)12)10-5-7-11(8-6-10)14(15,16)17/h5-9H,2-4H2,1H3. The van der Waals surface area contributed by atoms with Crippen molar-refractivity contribution in [3.05, 3.63) is 35.7 Å². The molecule has 2 aromatic rings. The van der Waals surface area contributed by atoms with Gasteiger partial charge in [0.25, 0.3) is 0 Å². The summed E-state index contributed by atoms with van der Waals surface area (Å²) in [5, 5.41) is 4.42. The predicted molar refractivity (Wildman–Crippen MR) is 68.1 cm³/mol. The van der Waals surface area contributed by atoms with Gasteiger partial charge < -0.3 is 0 Å². The molecule has 2 heterocycles. The van der Waals surface area contributed by atoms with E-state index in [9.17, 15) is 13.2 Å². The fraction of sp³-hybridized carbons (Fsp3) is 0.429. The Morgan fingerprint density at radius 2 is 1.90 bits per heavy atom. The number of hydrogen-bond acceptors (Lipinski definition) is 2. The molecule has 1 unspecified atom stereocenters. The van der Waals surface area contributed by atoms with Crippen molar-refractivity contribution >= 4 is 0 Å². The quantitative estimate of drug-likeness (QED) is 0.794. The van der Waals surface area contributed by atoms with Gasteiger partial charge in [0.1, 0.15) is 5.82 Å². The van der Waals surface area contributed by atoms with Crippen molar-refractivity contribution in [3.63, 3.8) is 0 Å². The number of halogens is 3. The molecule has 1 aromatic carbocycles. The summed E-state index contributed by atoms with van der Waals surface area (Å²) in [6.07, 6.45) is -1.30. The van der Waals surface area contributed by atoms with E-state index in [1.165, 1.54) is 12.1 Å². The van der Waals surface area contributed by atoms with Gasteiger partial charge in [0.15, 0.2) is 5.82 Å². The first kappa shape index (κ1) is 13.1. The number of nitrogens with zero attached hydrogens (tertiary/aromatic N) is 3. The van der Waals surface area contributed by atoms with Gasteiger partial charge in [-0.1, -0.05) is 12.1 Å². The number of alkyl halides is 3. The minimum absolute atomic E-state index is 0.300. The topological polar surface area (TPSA) is 30.7 Å². The van der Waals surface area contributed by atoms with Gasteiger partial charge >= 0.3 is 6.18 Å². The zero-order valence-electron chi connectivity index (χ0n) is 11.0. The molecule has 6 heteroatoms. The lowest BCUT2D eigenvalue weighted by Gasteiger charge is -2.18. The minimum Gasteiger partial charge on any atom is -0.247 e. The van der Waals surface area contributed by atoms with Crippen LogP contribution in [0.2, 0.25) is 0 Å². The fourth-order valence-corrected chi connectivity index (χ4v) is 2.49. The summed E-state index contributed by atoms with van der Waals surface area (Å²) in [6.45, 7) is 2.08. The maximum atomic E-state index is 12.5. The number of benzene rings is 1. The van der Waals surface area contributed by atoms with E-state index >= 15 is 0 Å². The SMILES string of the molecule is CC1CCCc2nc(-c3ccc(C(F)(F)F)cc3)nn21. The normalized spacial score (nSPS) is 18.9. The van der Waals surface area contributed by atoms with Gasteiger partial charge in [-0.15, -0.1) is 0 Å². The van der Waals surface area contributed by atoms with Crippen LogP contribution in [0.15, 0.2) is 24.3 Å². The molecule has 0 saturated heterocycles. The van der Waals surface area contributed by atoms with E-state index in [2.05, 4.69) is 17.0 Å². The summed E-state index contributed by atoms with van der Waals surface area (Å²) < 4.78 is 39.5. The van der Waals surface area contributed by atoms with Gasteiger partial charge in [-0.25, -0.2) is 9.67 Å². The smallest absolute Gasteiger partial charge is 0.247 e. The third-order valence-corrected chi connectivity index (χ3v) is 3.61. The third kappa shape index (κ3) is 2.30. The van der Waals surface area contributed by atoms with Crippen LogP contribution in [0.1, 0.15) is 37.2 Å². The lowest BCUT2D eigenvalue weighted by molar-refractivity contribution is -0.137. The molecule has 20 heavy (non-hydrogen) atoms. The summed E-state index contributed by atoms with van der Waals surface area (Å²) in [5.74, 6) is 1.42. The Morgan fingerprint density at radius 1 is 1.20 bits per heavy atom. The molecular formula is C14H14F3N3. The summed E-state index contributed by atoms with van der Waals surface area (Å²) in [5.41, 5.74) is -0.0364. The highest BCUT2D eigenvalue weighted by atomic mass is 19.4. The van der Waals surface area contributed by atoms with E-state index in [0.717, 1.165) is 37.2 Å². The summed E-state index contributed by atoms with van der Waals surface area (Å²) in [4.78, 5) is 4.43. The maximum absolute atomic E-state index is 12.5. The average Bonchev–Trinajstić information content (AvgIpc) is 2.83. The first-order valence-corrected chi connectivity index (χ1v) is 6.58. The molecule has 0 fully saturated rings. The van der Waals surface area contributed by atoms with E-state index in [0.29, 0.717) is 17.4 Å². The molecule has 0 aliphatic carbocycles. The fourth-order valence-electron chi connectivity index (χ4n) is 2.49. The average molecular weight is 281 g/mol. The number of hydrogen-bond donors (Lipinski definition) is 0. The Hall–Kier alpha value is -1.85. The monoisotopic (exact) mass is 281 g/mol. The van der Waals surface area contributed by atoms with Crippen LogP contribution < -0.4 is 0 Å². The molecule has 0 bridgehead atoms. The molecule has 0 radical (unpaired) electrons.